The lowest BCUT2D eigenvalue weighted by Gasteiger charge is -2.36. The van der Waals surface area contributed by atoms with Crippen molar-refractivity contribution in [2.45, 2.75) is 38.6 Å². The molecular formula is C13H20N2O2. The van der Waals surface area contributed by atoms with E-state index in [0.29, 0.717) is 13.2 Å². The summed E-state index contributed by atoms with van der Waals surface area (Å²) < 4.78 is 11.2. The van der Waals surface area contributed by atoms with Crippen molar-refractivity contribution in [2.75, 3.05) is 13.2 Å². The minimum atomic E-state index is -0.452. The Morgan fingerprint density at radius 2 is 2.06 bits per heavy atom. The Balaban J connectivity index is 1.86. The van der Waals surface area contributed by atoms with Gasteiger partial charge in [0.1, 0.15) is 0 Å². The van der Waals surface area contributed by atoms with Crippen LogP contribution in [0, 0.1) is 0 Å². The molecule has 4 nitrogen and oxygen atoms in total. The molecule has 0 spiro atoms. The van der Waals surface area contributed by atoms with Gasteiger partial charge in [-0.05, 0) is 32.9 Å². The third-order valence-corrected chi connectivity index (χ3v) is 2.88. The van der Waals surface area contributed by atoms with Crippen molar-refractivity contribution in [3.8, 4) is 0 Å². The highest BCUT2D eigenvalue weighted by Gasteiger charge is 2.28. The molecule has 0 saturated carbocycles. The molecular weight excluding hydrogens is 216 g/mol. The molecule has 1 fully saturated rings. The van der Waals surface area contributed by atoms with Crippen molar-refractivity contribution >= 4 is 0 Å². The molecule has 2 rings (SSSR count). The van der Waals surface area contributed by atoms with Gasteiger partial charge in [0.25, 0.3) is 0 Å². The van der Waals surface area contributed by atoms with Gasteiger partial charge in [-0.3, -0.25) is 4.98 Å². The van der Waals surface area contributed by atoms with Crippen LogP contribution < -0.4 is 5.32 Å². The van der Waals surface area contributed by atoms with Gasteiger partial charge in [0.05, 0.1) is 24.9 Å². The maximum Gasteiger partial charge on any atom is 0.162 e. The molecule has 1 aliphatic rings. The van der Waals surface area contributed by atoms with E-state index in [2.05, 4.69) is 17.2 Å². The quantitative estimate of drug-likeness (QED) is 0.870. The normalized spacial score (nSPS) is 22.3. The second kappa shape index (κ2) is 5.12. The highest BCUT2D eigenvalue weighted by molar-refractivity contribution is 5.07. The molecule has 0 radical (unpaired) electrons. The third kappa shape index (κ3) is 3.49. The second-order valence-electron chi connectivity index (χ2n) is 4.86. The fourth-order valence-corrected chi connectivity index (χ4v) is 1.86. The predicted molar refractivity (Wildman–Crippen MR) is 65.6 cm³/mol. The van der Waals surface area contributed by atoms with Gasteiger partial charge in [0.2, 0.25) is 0 Å². The van der Waals surface area contributed by atoms with Crippen LogP contribution in [-0.2, 0) is 9.47 Å². The van der Waals surface area contributed by atoms with Crippen LogP contribution in [0.15, 0.2) is 24.4 Å². The second-order valence-corrected chi connectivity index (χ2v) is 4.86. The maximum absolute atomic E-state index is 5.61. The first-order valence-corrected chi connectivity index (χ1v) is 6.02. The van der Waals surface area contributed by atoms with Gasteiger partial charge in [-0.15, -0.1) is 0 Å². The highest BCUT2D eigenvalue weighted by Crippen LogP contribution is 2.18. The summed E-state index contributed by atoms with van der Waals surface area (Å²) in [6.45, 7) is 7.31. The van der Waals surface area contributed by atoms with E-state index >= 15 is 0 Å². The number of hydrogen-bond donors (Lipinski definition) is 1. The van der Waals surface area contributed by atoms with E-state index in [1.165, 1.54) is 0 Å². The van der Waals surface area contributed by atoms with Crippen molar-refractivity contribution in [3.63, 3.8) is 0 Å². The fourth-order valence-electron chi connectivity index (χ4n) is 1.86. The van der Waals surface area contributed by atoms with Crippen LogP contribution in [0.25, 0.3) is 0 Å². The Morgan fingerprint density at radius 1 is 1.35 bits per heavy atom. The monoisotopic (exact) mass is 236 g/mol. The Kier molecular flexibility index (Phi) is 3.76. The van der Waals surface area contributed by atoms with Crippen LogP contribution in [0.1, 0.15) is 32.5 Å². The lowest BCUT2D eigenvalue weighted by Crippen LogP contribution is -2.49. The number of hydrogen-bond acceptors (Lipinski definition) is 4. The van der Waals surface area contributed by atoms with Crippen molar-refractivity contribution in [2.24, 2.45) is 0 Å². The van der Waals surface area contributed by atoms with Gasteiger partial charge in [0.15, 0.2) is 5.79 Å². The molecule has 0 aromatic carbocycles. The van der Waals surface area contributed by atoms with Crippen LogP contribution in [-0.4, -0.2) is 30.0 Å². The van der Waals surface area contributed by atoms with E-state index in [1.807, 2.05) is 38.2 Å². The number of ether oxygens (including phenoxy) is 2. The third-order valence-electron chi connectivity index (χ3n) is 2.88. The fraction of sp³-hybridized carbons (Fsp3) is 0.615. The van der Waals surface area contributed by atoms with Gasteiger partial charge in [-0.1, -0.05) is 6.07 Å². The molecule has 17 heavy (non-hydrogen) atoms. The van der Waals surface area contributed by atoms with Crippen LogP contribution in [0.2, 0.25) is 0 Å². The van der Waals surface area contributed by atoms with Crippen LogP contribution in [0.5, 0.6) is 0 Å². The number of aromatic nitrogens is 1. The summed E-state index contributed by atoms with van der Waals surface area (Å²) in [6, 6.07) is 6.37. The van der Waals surface area contributed by atoms with E-state index in [1.54, 1.807) is 0 Å². The average molecular weight is 236 g/mol. The molecule has 0 bridgehead atoms. The van der Waals surface area contributed by atoms with Gasteiger partial charge >= 0.3 is 0 Å². The summed E-state index contributed by atoms with van der Waals surface area (Å²) in [5.41, 5.74) is 1.04. The highest BCUT2D eigenvalue weighted by atomic mass is 16.7. The van der Waals surface area contributed by atoms with Gasteiger partial charge in [-0.25, -0.2) is 0 Å². The molecule has 1 aromatic heterocycles. The van der Waals surface area contributed by atoms with Crippen molar-refractivity contribution in [3.05, 3.63) is 30.1 Å². The Morgan fingerprint density at radius 3 is 2.65 bits per heavy atom. The van der Waals surface area contributed by atoms with Crippen molar-refractivity contribution in [1.82, 2.24) is 10.3 Å². The van der Waals surface area contributed by atoms with E-state index < -0.39 is 5.79 Å². The summed E-state index contributed by atoms with van der Waals surface area (Å²) >= 11 is 0. The molecule has 1 N–H and O–H groups in total. The van der Waals surface area contributed by atoms with E-state index in [4.69, 9.17) is 9.47 Å². The zero-order chi connectivity index (χ0) is 12.3. The lowest BCUT2D eigenvalue weighted by atomic mass is 10.1. The smallest absolute Gasteiger partial charge is 0.162 e. The summed E-state index contributed by atoms with van der Waals surface area (Å²) in [6.07, 6.45) is 1.81. The topological polar surface area (TPSA) is 43.4 Å². The zero-order valence-electron chi connectivity index (χ0n) is 10.6. The molecule has 1 aromatic rings. The molecule has 2 heterocycles. The number of nitrogens with zero attached hydrogens (tertiary/aromatic N) is 1. The molecule has 0 amide bonds. The number of rotatable bonds is 3. The van der Waals surface area contributed by atoms with Gasteiger partial charge in [0, 0.05) is 12.2 Å². The minimum Gasteiger partial charge on any atom is -0.349 e. The summed E-state index contributed by atoms with van der Waals surface area (Å²) in [5.74, 6) is -0.452. The maximum atomic E-state index is 5.61. The summed E-state index contributed by atoms with van der Waals surface area (Å²) in [5, 5.41) is 3.46. The first-order valence-electron chi connectivity index (χ1n) is 6.02. The van der Waals surface area contributed by atoms with E-state index in [-0.39, 0.29) is 12.1 Å². The van der Waals surface area contributed by atoms with Crippen LogP contribution in [0.4, 0.5) is 0 Å². The molecule has 1 unspecified atom stereocenters. The SMILES string of the molecule is CC(NC1COC(C)(C)OC1)c1ccccn1. The van der Waals surface area contributed by atoms with Crippen molar-refractivity contribution < 1.29 is 9.47 Å². The first kappa shape index (κ1) is 12.5. The van der Waals surface area contributed by atoms with Crippen molar-refractivity contribution in [1.29, 1.82) is 0 Å². The Hall–Kier alpha value is -0.970. The standard InChI is InChI=1S/C13H20N2O2/c1-10(12-6-4-5-7-14-12)15-11-8-16-13(2,3)17-9-11/h4-7,10-11,15H,8-9H2,1-3H3. The Bertz CT molecular complexity index is 344. The minimum absolute atomic E-state index is 0.203. The zero-order valence-corrected chi connectivity index (χ0v) is 10.6. The largest absolute Gasteiger partial charge is 0.349 e. The molecule has 0 aliphatic carbocycles. The summed E-state index contributed by atoms with van der Waals surface area (Å²) in [4.78, 5) is 4.33. The molecule has 1 atom stereocenters. The Labute approximate surface area is 102 Å². The molecule has 4 heteroatoms. The van der Waals surface area contributed by atoms with Gasteiger partial charge < -0.3 is 14.8 Å². The number of pyridine rings is 1. The molecule has 1 saturated heterocycles. The predicted octanol–water partition coefficient (Wildman–Crippen LogP) is 1.88. The molecule has 1 aliphatic heterocycles. The van der Waals surface area contributed by atoms with E-state index in [0.717, 1.165) is 5.69 Å². The first-order chi connectivity index (χ1) is 8.07. The lowest BCUT2D eigenvalue weighted by molar-refractivity contribution is -0.253. The molecule has 94 valence electrons. The van der Waals surface area contributed by atoms with E-state index in [9.17, 15) is 0 Å². The van der Waals surface area contributed by atoms with Gasteiger partial charge in [-0.2, -0.15) is 0 Å². The van der Waals surface area contributed by atoms with Crippen LogP contribution >= 0.6 is 0 Å². The number of nitrogens with one attached hydrogen (secondary N) is 1. The summed E-state index contributed by atoms with van der Waals surface area (Å²) in [7, 11) is 0. The average Bonchev–Trinajstić information content (AvgIpc) is 2.33. The van der Waals surface area contributed by atoms with Crippen LogP contribution in [0.3, 0.4) is 0 Å².